The van der Waals surface area contributed by atoms with Crippen LogP contribution in [0.5, 0.6) is 0 Å². The standard InChI is InChI=1S/C27H22N2O5/c30-23(15-7-3-1-4-8-15)28-13-26-12-11-17(33-26)18-21-19-20(27(14-28,34-21)22(18)26)25(32)29(24(19)31)16-9-5-2-6-10-16/h1-12,17-22H,13-14H2/t17-,18+,19+,20+,21-,22-,26-,27-/m1/s1. The Kier molecular flexibility index (Phi) is 3.38. The highest BCUT2D eigenvalue weighted by Gasteiger charge is 2.84. The molecular formula is C27H22N2O5. The molecule has 7 nitrogen and oxygen atoms in total. The molecule has 0 N–H and O–H groups in total. The van der Waals surface area contributed by atoms with Crippen LogP contribution in [0, 0.1) is 23.7 Å². The number of benzene rings is 2. The number of nitrogens with zero attached hydrogens (tertiary/aromatic N) is 2. The van der Waals surface area contributed by atoms with Gasteiger partial charge in [-0.3, -0.25) is 14.4 Å². The zero-order valence-electron chi connectivity index (χ0n) is 18.2. The van der Waals surface area contributed by atoms with E-state index >= 15 is 0 Å². The van der Waals surface area contributed by atoms with E-state index in [0.717, 1.165) is 0 Å². The van der Waals surface area contributed by atoms with Crippen LogP contribution in [0.3, 0.4) is 0 Å². The van der Waals surface area contributed by atoms with Crippen LogP contribution in [0.15, 0.2) is 72.8 Å². The van der Waals surface area contributed by atoms with E-state index in [1.807, 2.05) is 36.4 Å². The smallest absolute Gasteiger partial charge is 0.254 e. The topological polar surface area (TPSA) is 76.2 Å². The maximum atomic E-state index is 13.9. The van der Waals surface area contributed by atoms with Crippen LogP contribution in [-0.2, 0) is 19.1 Å². The molecule has 2 aromatic rings. The first-order valence-corrected chi connectivity index (χ1v) is 11.9. The van der Waals surface area contributed by atoms with Gasteiger partial charge in [0.1, 0.15) is 11.2 Å². The third-order valence-corrected chi connectivity index (χ3v) is 8.91. The Morgan fingerprint density at radius 1 is 0.912 bits per heavy atom. The minimum absolute atomic E-state index is 0.0210. The number of likely N-dealkylation sites (tertiary alicyclic amines) is 1. The Labute approximate surface area is 195 Å². The summed E-state index contributed by atoms with van der Waals surface area (Å²) < 4.78 is 13.2. The van der Waals surface area contributed by atoms with Crippen molar-refractivity contribution in [3.8, 4) is 0 Å². The second kappa shape index (κ2) is 6.03. The molecule has 8 atom stereocenters. The highest BCUT2D eigenvalue weighted by Crippen LogP contribution is 2.70. The summed E-state index contributed by atoms with van der Waals surface area (Å²) in [6.07, 6.45) is 3.59. The summed E-state index contributed by atoms with van der Waals surface area (Å²) in [5, 5.41) is 0. The number of anilines is 1. The van der Waals surface area contributed by atoms with E-state index < -0.39 is 23.0 Å². The van der Waals surface area contributed by atoms with Crippen molar-refractivity contribution in [1.82, 2.24) is 4.90 Å². The SMILES string of the molecule is O=C(c1ccccc1)N1C[C@@]23O[C@@H]([C@H]4C(=O)N(c5ccccc5)C(=O)[C@H]42)[C@@H]2[C@H]4C=C[C@](C1)(O4)[C@@H]23. The molecule has 0 aliphatic carbocycles. The first-order chi connectivity index (χ1) is 16.5. The molecule has 2 spiro atoms. The second-order valence-electron chi connectivity index (χ2n) is 10.4. The lowest BCUT2D eigenvalue weighted by atomic mass is 9.54. The maximum Gasteiger partial charge on any atom is 0.254 e. The number of amides is 3. The summed E-state index contributed by atoms with van der Waals surface area (Å²) in [6.45, 7) is 0.710. The number of carbonyl (C=O) groups is 3. The minimum atomic E-state index is -0.932. The van der Waals surface area contributed by atoms with Crippen molar-refractivity contribution in [2.24, 2.45) is 23.7 Å². The number of para-hydroxylation sites is 1. The largest absolute Gasteiger partial charge is 0.367 e. The molecule has 7 heteroatoms. The maximum absolute atomic E-state index is 13.9. The van der Waals surface area contributed by atoms with E-state index in [0.29, 0.717) is 17.8 Å². The summed E-state index contributed by atoms with van der Waals surface area (Å²) in [5.41, 5.74) is -0.432. The van der Waals surface area contributed by atoms with E-state index in [1.54, 1.807) is 29.2 Å². The van der Waals surface area contributed by atoms with Gasteiger partial charge in [0.05, 0.1) is 42.8 Å². The summed E-state index contributed by atoms with van der Waals surface area (Å²) in [4.78, 5) is 44.2. The number of hydrogen-bond acceptors (Lipinski definition) is 5. The number of imide groups is 1. The Morgan fingerprint density at radius 2 is 1.65 bits per heavy atom. The number of carbonyl (C=O) groups excluding carboxylic acids is 3. The Morgan fingerprint density at radius 3 is 2.41 bits per heavy atom. The molecule has 6 aliphatic rings. The molecule has 34 heavy (non-hydrogen) atoms. The lowest BCUT2D eigenvalue weighted by Crippen LogP contribution is -2.68. The molecular weight excluding hydrogens is 432 g/mol. The fraction of sp³-hybridized carbons (Fsp3) is 0.370. The molecule has 170 valence electrons. The quantitative estimate of drug-likeness (QED) is 0.513. The molecule has 0 saturated carbocycles. The zero-order chi connectivity index (χ0) is 22.8. The number of ether oxygens (including phenoxy) is 2. The Bertz CT molecular complexity index is 1290. The highest BCUT2D eigenvalue weighted by atomic mass is 16.6. The van der Waals surface area contributed by atoms with Gasteiger partial charge >= 0.3 is 0 Å². The molecule has 6 aliphatic heterocycles. The molecule has 0 radical (unpaired) electrons. The summed E-state index contributed by atoms with van der Waals surface area (Å²) in [7, 11) is 0. The van der Waals surface area contributed by atoms with Gasteiger partial charge in [0.15, 0.2) is 0 Å². The van der Waals surface area contributed by atoms with Crippen molar-refractivity contribution in [2.45, 2.75) is 23.4 Å². The van der Waals surface area contributed by atoms with E-state index in [2.05, 4.69) is 12.2 Å². The number of rotatable bonds is 2. The lowest BCUT2D eigenvalue weighted by molar-refractivity contribution is -0.154. The van der Waals surface area contributed by atoms with Crippen molar-refractivity contribution in [2.75, 3.05) is 18.0 Å². The first-order valence-electron chi connectivity index (χ1n) is 11.9. The van der Waals surface area contributed by atoms with E-state index in [9.17, 15) is 14.4 Å². The molecule has 5 saturated heterocycles. The summed E-state index contributed by atoms with van der Waals surface area (Å²) in [5.74, 6) is -1.73. The van der Waals surface area contributed by atoms with Gasteiger partial charge in [0, 0.05) is 17.4 Å². The number of hydrogen-bond donors (Lipinski definition) is 0. The van der Waals surface area contributed by atoms with Gasteiger partial charge < -0.3 is 14.4 Å². The van der Waals surface area contributed by atoms with Crippen LogP contribution < -0.4 is 4.90 Å². The average molecular weight is 454 g/mol. The average Bonchev–Trinajstić information content (AvgIpc) is 3.64. The molecule has 2 aromatic carbocycles. The number of piperidine rings is 1. The van der Waals surface area contributed by atoms with Gasteiger partial charge in [-0.25, -0.2) is 4.90 Å². The molecule has 0 aromatic heterocycles. The third-order valence-electron chi connectivity index (χ3n) is 8.91. The van der Waals surface area contributed by atoms with Crippen LogP contribution in [0.1, 0.15) is 10.4 Å². The normalized spacial score (nSPS) is 42.5. The molecule has 8 rings (SSSR count). The highest BCUT2D eigenvalue weighted by molar-refractivity contribution is 6.23. The van der Waals surface area contributed by atoms with Crippen molar-refractivity contribution in [1.29, 1.82) is 0 Å². The predicted octanol–water partition coefficient (Wildman–Crippen LogP) is 2.04. The second-order valence-corrected chi connectivity index (χ2v) is 10.4. The van der Waals surface area contributed by atoms with Gasteiger partial charge in [-0.15, -0.1) is 0 Å². The monoisotopic (exact) mass is 454 g/mol. The van der Waals surface area contributed by atoms with E-state index in [4.69, 9.17) is 9.47 Å². The van der Waals surface area contributed by atoms with Crippen molar-refractivity contribution in [3.05, 3.63) is 78.4 Å². The van der Waals surface area contributed by atoms with Gasteiger partial charge in [0.2, 0.25) is 11.8 Å². The van der Waals surface area contributed by atoms with Crippen LogP contribution in [0.25, 0.3) is 0 Å². The fourth-order valence-corrected chi connectivity index (χ4v) is 7.94. The van der Waals surface area contributed by atoms with Crippen molar-refractivity contribution in [3.63, 3.8) is 0 Å². The fourth-order valence-electron chi connectivity index (χ4n) is 7.94. The predicted molar refractivity (Wildman–Crippen MR) is 120 cm³/mol. The van der Waals surface area contributed by atoms with E-state index in [-0.39, 0.29) is 48.3 Å². The lowest BCUT2D eigenvalue weighted by Gasteiger charge is -2.52. The van der Waals surface area contributed by atoms with Gasteiger partial charge in [-0.05, 0) is 24.3 Å². The minimum Gasteiger partial charge on any atom is -0.367 e. The zero-order valence-corrected chi connectivity index (χ0v) is 18.2. The van der Waals surface area contributed by atoms with Crippen LogP contribution >= 0.6 is 0 Å². The molecule has 5 fully saturated rings. The van der Waals surface area contributed by atoms with Gasteiger partial charge in [0.25, 0.3) is 5.91 Å². The molecule has 3 amide bonds. The molecule has 0 unspecified atom stereocenters. The van der Waals surface area contributed by atoms with E-state index in [1.165, 1.54) is 4.90 Å². The van der Waals surface area contributed by atoms with Gasteiger partial charge in [-0.1, -0.05) is 48.6 Å². The third kappa shape index (κ3) is 2.01. The summed E-state index contributed by atoms with van der Waals surface area (Å²) >= 11 is 0. The molecule has 4 bridgehead atoms. The summed E-state index contributed by atoms with van der Waals surface area (Å²) in [6, 6.07) is 18.3. The van der Waals surface area contributed by atoms with Crippen LogP contribution in [0.2, 0.25) is 0 Å². The van der Waals surface area contributed by atoms with Crippen molar-refractivity contribution >= 4 is 23.4 Å². The Hall–Kier alpha value is -3.29. The number of fused-ring (bicyclic) bond motifs is 6. The Balaban J connectivity index is 1.26. The first kappa shape index (κ1) is 19.1. The molecule has 6 heterocycles. The van der Waals surface area contributed by atoms with Gasteiger partial charge in [-0.2, -0.15) is 0 Å². The van der Waals surface area contributed by atoms with Crippen LogP contribution in [0.4, 0.5) is 5.69 Å². The van der Waals surface area contributed by atoms with Crippen molar-refractivity contribution < 1.29 is 23.9 Å². The van der Waals surface area contributed by atoms with Crippen LogP contribution in [-0.4, -0.2) is 59.1 Å².